The number of para-hydroxylation sites is 1. The summed E-state index contributed by atoms with van der Waals surface area (Å²) in [5.74, 6) is -0.867. The van der Waals surface area contributed by atoms with Crippen molar-refractivity contribution in [3.05, 3.63) is 41.6 Å². The molecule has 2 rings (SSSR count). The van der Waals surface area contributed by atoms with Crippen molar-refractivity contribution in [2.24, 2.45) is 5.73 Å². The van der Waals surface area contributed by atoms with E-state index in [4.69, 9.17) is 5.73 Å². The number of alkyl halides is 3. The molecule has 9 heteroatoms. The topological polar surface area (TPSA) is 85.4 Å². The molecule has 1 saturated heterocycles. The number of nitrogens with two attached hydrogens (primary N) is 1. The SMILES string of the molecule is N#C/C(=C/N1CCN(CCN)CC1)C(=O)Nc1ccccc1C(F)(F)F. The van der Waals surface area contributed by atoms with Gasteiger partial charge in [0, 0.05) is 45.5 Å². The maximum absolute atomic E-state index is 13.0. The Balaban J connectivity index is 2.08. The van der Waals surface area contributed by atoms with Crippen LogP contribution in [0.4, 0.5) is 18.9 Å². The summed E-state index contributed by atoms with van der Waals surface area (Å²) in [4.78, 5) is 16.2. The number of nitriles is 1. The first kappa shape index (κ1) is 19.8. The van der Waals surface area contributed by atoms with Gasteiger partial charge in [-0.1, -0.05) is 12.1 Å². The zero-order valence-electron chi connectivity index (χ0n) is 14.1. The molecule has 0 aromatic heterocycles. The Hall–Kier alpha value is -2.57. The molecular formula is C17H20F3N5O. The number of piperazine rings is 1. The third-order valence-corrected chi connectivity index (χ3v) is 4.01. The van der Waals surface area contributed by atoms with Crippen LogP contribution in [0.5, 0.6) is 0 Å². The fraction of sp³-hybridized carbons (Fsp3) is 0.412. The highest BCUT2D eigenvalue weighted by Crippen LogP contribution is 2.34. The van der Waals surface area contributed by atoms with Crippen LogP contribution in [0, 0.1) is 11.3 Å². The van der Waals surface area contributed by atoms with E-state index in [1.165, 1.54) is 18.3 Å². The molecule has 0 spiro atoms. The van der Waals surface area contributed by atoms with Crippen molar-refractivity contribution >= 4 is 11.6 Å². The molecule has 1 aromatic carbocycles. The van der Waals surface area contributed by atoms with Crippen LogP contribution in [0.2, 0.25) is 0 Å². The summed E-state index contributed by atoms with van der Waals surface area (Å²) < 4.78 is 39.0. The molecule has 26 heavy (non-hydrogen) atoms. The fourth-order valence-electron chi connectivity index (χ4n) is 2.65. The van der Waals surface area contributed by atoms with E-state index in [-0.39, 0.29) is 11.3 Å². The Morgan fingerprint density at radius 1 is 1.27 bits per heavy atom. The molecule has 0 atom stereocenters. The smallest absolute Gasteiger partial charge is 0.374 e. The molecule has 0 radical (unpaired) electrons. The van der Waals surface area contributed by atoms with E-state index >= 15 is 0 Å². The Morgan fingerprint density at radius 3 is 2.50 bits per heavy atom. The lowest BCUT2D eigenvalue weighted by atomic mass is 10.1. The van der Waals surface area contributed by atoms with E-state index in [2.05, 4.69) is 10.2 Å². The van der Waals surface area contributed by atoms with E-state index in [1.807, 2.05) is 0 Å². The van der Waals surface area contributed by atoms with Crippen LogP contribution in [0.3, 0.4) is 0 Å². The van der Waals surface area contributed by atoms with Crippen LogP contribution in [-0.2, 0) is 11.0 Å². The highest BCUT2D eigenvalue weighted by molar-refractivity contribution is 6.06. The molecule has 1 aromatic rings. The van der Waals surface area contributed by atoms with Crippen LogP contribution in [0.1, 0.15) is 5.56 Å². The summed E-state index contributed by atoms with van der Waals surface area (Å²) in [7, 11) is 0. The van der Waals surface area contributed by atoms with E-state index in [0.717, 1.165) is 31.8 Å². The van der Waals surface area contributed by atoms with Crippen molar-refractivity contribution in [3.8, 4) is 6.07 Å². The minimum Gasteiger partial charge on any atom is -0.374 e. The average Bonchev–Trinajstić information content (AvgIpc) is 2.60. The number of nitrogens with one attached hydrogen (secondary N) is 1. The lowest BCUT2D eigenvalue weighted by Crippen LogP contribution is -2.45. The van der Waals surface area contributed by atoms with Gasteiger partial charge in [-0.05, 0) is 12.1 Å². The van der Waals surface area contributed by atoms with Gasteiger partial charge in [0.25, 0.3) is 5.91 Å². The van der Waals surface area contributed by atoms with Crippen molar-refractivity contribution in [2.45, 2.75) is 6.18 Å². The van der Waals surface area contributed by atoms with Gasteiger partial charge in [-0.2, -0.15) is 18.4 Å². The first-order valence-corrected chi connectivity index (χ1v) is 8.11. The number of carbonyl (C=O) groups is 1. The molecule has 1 heterocycles. The summed E-state index contributed by atoms with van der Waals surface area (Å²) >= 11 is 0. The summed E-state index contributed by atoms with van der Waals surface area (Å²) in [6.45, 7) is 4.03. The van der Waals surface area contributed by atoms with Crippen LogP contribution >= 0.6 is 0 Å². The minimum absolute atomic E-state index is 0.241. The van der Waals surface area contributed by atoms with Gasteiger partial charge in [0.15, 0.2) is 0 Å². The lowest BCUT2D eigenvalue weighted by Gasteiger charge is -2.33. The predicted molar refractivity (Wildman–Crippen MR) is 90.8 cm³/mol. The van der Waals surface area contributed by atoms with Crippen LogP contribution < -0.4 is 11.1 Å². The minimum atomic E-state index is -4.60. The van der Waals surface area contributed by atoms with Gasteiger partial charge in [-0.3, -0.25) is 9.69 Å². The fourth-order valence-corrected chi connectivity index (χ4v) is 2.65. The average molecular weight is 367 g/mol. The number of amides is 1. The second kappa shape index (κ2) is 8.69. The number of carbonyl (C=O) groups excluding carboxylic acids is 1. The van der Waals surface area contributed by atoms with Gasteiger partial charge in [-0.25, -0.2) is 0 Å². The third kappa shape index (κ3) is 5.21. The molecule has 1 aliphatic heterocycles. The first-order chi connectivity index (χ1) is 12.3. The Kier molecular flexibility index (Phi) is 6.60. The number of rotatable bonds is 5. The number of anilines is 1. The van der Waals surface area contributed by atoms with Gasteiger partial charge in [0.1, 0.15) is 11.6 Å². The molecule has 0 unspecified atom stereocenters. The van der Waals surface area contributed by atoms with E-state index in [0.29, 0.717) is 19.6 Å². The zero-order valence-corrected chi connectivity index (χ0v) is 14.1. The molecule has 1 aliphatic rings. The van der Waals surface area contributed by atoms with E-state index in [9.17, 15) is 23.2 Å². The highest BCUT2D eigenvalue weighted by atomic mass is 19.4. The lowest BCUT2D eigenvalue weighted by molar-refractivity contribution is -0.137. The van der Waals surface area contributed by atoms with Crippen molar-refractivity contribution in [3.63, 3.8) is 0 Å². The highest BCUT2D eigenvalue weighted by Gasteiger charge is 2.33. The number of nitrogens with zero attached hydrogens (tertiary/aromatic N) is 3. The molecule has 6 nitrogen and oxygen atoms in total. The van der Waals surface area contributed by atoms with Gasteiger partial charge >= 0.3 is 6.18 Å². The maximum Gasteiger partial charge on any atom is 0.418 e. The summed E-state index contributed by atoms with van der Waals surface area (Å²) in [5.41, 5.74) is 3.93. The van der Waals surface area contributed by atoms with Crippen LogP contribution in [-0.4, -0.2) is 55.0 Å². The van der Waals surface area contributed by atoms with Gasteiger partial charge in [0.2, 0.25) is 0 Å². The number of hydrogen-bond donors (Lipinski definition) is 2. The normalized spacial score (nSPS) is 16.3. The maximum atomic E-state index is 13.0. The number of halogens is 3. The molecule has 1 fully saturated rings. The molecule has 3 N–H and O–H groups in total. The van der Waals surface area contributed by atoms with Crippen LogP contribution in [0.15, 0.2) is 36.0 Å². The third-order valence-electron chi connectivity index (χ3n) is 4.01. The zero-order chi connectivity index (χ0) is 19.2. The first-order valence-electron chi connectivity index (χ1n) is 8.11. The van der Waals surface area contributed by atoms with Crippen molar-refractivity contribution in [1.82, 2.24) is 9.80 Å². The molecule has 1 amide bonds. The second-order valence-corrected chi connectivity index (χ2v) is 5.82. The standard InChI is InChI=1S/C17H20F3N5O/c18-17(19,20)14-3-1-2-4-15(14)23-16(26)13(11-22)12-25-9-7-24(6-5-21)8-10-25/h1-4,12H,5-10,21H2,(H,23,26)/b13-12-. The monoisotopic (exact) mass is 367 g/mol. The number of hydrogen-bond acceptors (Lipinski definition) is 5. The van der Waals surface area contributed by atoms with Crippen LogP contribution in [0.25, 0.3) is 0 Å². The van der Waals surface area contributed by atoms with Crippen molar-refractivity contribution < 1.29 is 18.0 Å². The Morgan fingerprint density at radius 2 is 1.92 bits per heavy atom. The summed E-state index contributed by atoms with van der Waals surface area (Å²) in [5, 5.41) is 11.4. The molecule has 0 aliphatic carbocycles. The predicted octanol–water partition coefficient (Wildman–Crippen LogP) is 1.63. The molecule has 140 valence electrons. The molecule has 0 saturated carbocycles. The van der Waals surface area contributed by atoms with Gasteiger partial charge in [0.05, 0.1) is 11.3 Å². The summed E-state index contributed by atoms with van der Waals surface area (Å²) in [6.07, 6.45) is -3.20. The Bertz CT molecular complexity index is 703. The largest absolute Gasteiger partial charge is 0.418 e. The van der Waals surface area contributed by atoms with E-state index < -0.39 is 17.6 Å². The van der Waals surface area contributed by atoms with Gasteiger partial charge in [-0.15, -0.1) is 0 Å². The quantitative estimate of drug-likeness (QED) is 0.610. The Labute approximate surface area is 149 Å². The molecular weight excluding hydrogens is 347 g/mol. The van der Waals surface area contributed by atoms with Crippen molar-refractivity contribution in [2.75, 3.05) is 44.6 Å². The second-order valence-electron chi connectivity index (χ2n) is 5.82. The molecule has 0 bridgehead atoms. The number of benzene rings is 1. The van der Waals surface area contributed by atoms with Gasteiger partial charge < -0.3 is 16.0 Å². The van der Waals surface area contributed by atoms with E-state index in [1.54, 1.807) is 11.0 Å². The van der Waals surface area contributed by atoms with Crippen molar-refractivity contribution in [1.29, 1.82) is 5.26 Å². The summed E-state index contributed by atoms with van der Waals surface area (Å²) in [6, 6.07) is 6.41.